The maximum atomic E-state index is 13.1. The fourth-order valence-corrected chi connectivity index (χ4v) is 2.88. The summed E-state index contributed by atoms with van der Waals surface area (Å²) in [6, 6.07) is 5.11. The summed E-state index contributed by atoms with van der Waals surface area (Å²) in [5.74, 6) is 0.538. The zero-order valence-corrected chi connectivity index (χ0v) is 10.8. The molecule has 2 N–H and O–H groups in total. The molecule has 0 amide bonds. The van der Waals surface area contributed by atoms with Crippen LogP contribution >= 0.6 is 15.9 Å². The number of nitrogens with two attached hydrogens (primary N) is 1. The predicted octanol–water partition coefficient (Wildman–Crippen LogP) is 4.17. The van der Waals surface area contributed by atoms with Gasteiger partial charge in [-0.3, -0.25) is 0 Å². The van der Waals surface area contributed by atoms with Gasteiger partial charge in [-0.05, 0) is 46.0 Å². The SMILES string of the molecule is NC(CC1CCCC1)c1ccc(F)c(Br)c1. The van der Waals surface area contributed by atoms with Crippen molar-refractivity contribution in [2.75, 3.05) is 0 Å². The van der Waals surface area contributed by atoms with Crippen LogP contribution in [0.3, 0.4) is 0 Å². The third-order valence-corrected chi connectivity index (χ3v) is 4.04. The monoisotopic (exact) mass is 285 g/mol. The van der Waals surface area contributed by atoms with Crippen LogP contribution in [-0.2, 0) is 0 Å². The quantitative estimate of drug-likeness (QED) is 0.886. The first-order chi connectivity index (χ1) is 7.66. The van der Waals surface area contributed by atoms with Gasteiger partial charge in [0.2, 0.25) is 0 Å². The predicted molar refractivity (Wildman–Crippen MR) is 67.6 cm³/mol. The molecule has 1 atom stereocenters. The van der Waals surface area contributed by atoms with Crippen LogP contribution in [0.2, 0.25) is 0 Å². The van der Waals surface area contributed by atoms with Crippen LogP contribution < -0.4 is 5.73 Å². The van der Waals surface area contributed by atoms with Crippen molar-refractivity contribution in [2.24, 2.45) is 11.7 Å². The Morgan fingerprint density at radius 3 is 2.69 bits per heavy atom. The van der Waals surface area contributed by atoms with Crippen LogP contribution in [0.4, 0.5) is 4.39 Å². The molecule has 1 aromatic carbocycles. The van der Waals surface area contributed by atoms with E-state index in [2.05, 4.69) is 15.9 Å². The fourth-order valence-electron chi connectivity index (χ4n) is 2.48. The Kier molecular flexibility index (Phi) is 3.98. The number of hydrogen-bond donors (Lipinski definition) is 1. The molecule has 1 aliphatic carbocycles. The average Bonchev–Trinajstić information content (AvgIpc) is 2.74. The van der Waals surface area contributed by atoms with Crippen molar-refractivity contribution in [3.05, 3.63) is 34.1 Å². The van der Waals surface area contributed by atoms with E-state index in [1.165, 1.54) is 31.7 Å². The Morgan fingerprint density at radius 1 is 1.38 bits per heavy atom. The third-order valence-electron chi connectivity index (χ3n) is 3.43. The van der Waals surface area contributed by atoms with E-state index in [9.17, 15) is 4.39 Å². The molecule has 16 heavy (non-hydrogen) atoms. The summed E-state index contributed by atoms with van der Waals surface area (Å²) in [5.41, 5.74) is 7.18. The second-order valence-electron chi connectivity index (χ2n) is 4.67. The average molecular weight is 286 g/mol. The molecule has 0 aromatic heterocycles. The normalized spacial score (nSPS) is 18.9. The third kappa shape index (κ3) is 2.83. The van der Waals surface area contributed by atoms with E-state index in [0.717, 1.165) is 17.9 Å². The van der Waals surface area contributed by atoms with Crippen LogP contribution in [0.5, 0.6) is 0 Å². The van der Waals surface area contributed by atoms with Gasteiger partial charge in [-0.25, -0.2) is 4.39 Å². The molecule has 2 rings (SSSR count). The van der Waals surface area contributed by atoms with Gasteiger partial charge in [0, 0.05) is 6.04 Å². The van der Waals surface area contributed by atoms with Crippen molar-refractivity contribution in [3.8, 4) is 0 Å². The van der Waals surface area contributed by atoms with Crippen molar-refractivity contribution < 1.29 is 4.39 Å². The van der Waals surface area contributed by atoms with Crippen molar-refractivity contribution in [2.45, 2.75) is 38.1 Å². The van der Waals surface area contributed by atoms with E-state index in [4.69, 9.17) is 5.73 Å². The molecule has 1 nitrogen and oxygen atoms in total. The van der Waals surface area contributed by atoms with Crippen LogP contribution in [0.15, 0.2) is 22.7 Å². The van der Waals surface area contributed by atoms with Gasteiger partial charge in [-0.2, -0.15) is 0 Å². The highest BCUT2D eigenvalue weighted by Crippen LogP contribution is 2.32. The minimum absolute atomic E-state index is 0.0417. The summed E-state index contributed by atoms with van der Waals surface area (Å²) in [7, 11) is 0. The van der Waals surface area contributed by atoms with Gasteiger partial charge in [0.25, 0.3) is 0 Å². The Hall–Kier alpha value is -0.410. The molecule has 0 radical (unpaired) electrons. The number of benzene rings is 1. The van der Waals surface area contributed by atoms with Gasteiger partial charge in [0.05, 0.1) is 4.47 Å². The fraction of sp³-hybridized carbons (Fsp3) is 0.538. The van der Waals surface area contributed by atoms with E-state index < -0.39 is 0 Å². The maximum absolute atomic E-state index is 13.1. The van der Waals surface area contributed by atoms with Gasteiger partial charge in [-0.1, -0.05) is 31.7 Å². The summed E-state index contributed by atoms with van der Waals surface area (Å²) in [6.45, 7) is 0. The van der Waals surface area contributed by atoms with Crippen molar-refractivity contribution in [1.29, 1.82) is 0 Å². The molecule has 88 valence electrons. The minimum atomic E-state index is -0.225. The second kappa shape index (κ2) is 5.28. The Labute approximate surface area is 104 Å². The van der Waals surface area contributed by atoms with Crippen molar-refractivity contribution in [3.63, 3.8) is 0 Å². The summed E-state index contributed by atoms with van der Waals surface area (Å²) < 4.78 is 13.6. The number of halogens is 2. The molecule has 1 fully saturated rings. The van der Waals surface area contributed by atoms with E-state index in [1.807, 2.05) is 0 Å². The molecule has 1 unspecified atom stereocenters. The standard InChI is InChI=1S/C13H17BrFN/c14-11-8-10(5-6-12(11)15)13(16)7-9-3-1-2-4-9/h5-6,8-9,13H,1-4,7,16H2. The first-order valence-corrected chi connectivity index (χ1v) is 6.66. The summed E-state index contributed by atoms with van der Waals surface area (Å²) in [4.78, 5) is 0. The Morgan fingerprint density at radius 2 is 2.06 bits per heavy atom. The summed E-state index contributed by atoms with van der Waals surface area (Å²) >= 11 is 3.20. The lowest BCUT2D eigenvalue weighted by molar-refractivity contribution is 0.450. The minimum Gasteiger partial charge on any atom is -0.324 e. The molecule has 1 aromatic rings. The first-order valence-electron chi connectivity index (χ1n) is 5.87. The van der Waals surface area contributed by atoms with Gasteiger partial charge < -0.3 is 5.73 Å². The molecule has 0 saturated heterocycles. The lowest BCUT2D eigenvalue weighted by atomic mass is 9.94. The van der Waals surface area contributed by atoms with Crippen molar-refractivity contribution in [1.82, 2.24) is 0 Å². The van der Waals surface area contributed by atoms with E-state index in [0.29, 0.717) is 4.47 Å². The van der Waals surface area contributed by atoms with Gasteiger partial charge in [0.15, 0.2) is 0 Å². The van der Waals surface area contributed by atoms with Crippen molar-refractivity contribution >= 4 is 15.9 Å². The zero-order chi connectivity index (χ0) is 11.5. The highest BCUT2D eigenvalue weighted by atomic mass is 79.9. The van der Waals surface area contributed by atoms with Crippen LogP contribution in [0.25, 0.3) is 0 Å². The second-order valence-corrected chi connectivity index (χ2v) is 5.52. The molecule has 0 heterocycles. The largest absolute Gasteiger partial charge is 0.324 e. The zero-order valence-electron chi connectivity index (χ0n) is 9.26. The summed E-state index contributed by atoms with van der Waals surface area (Å²) in [6.07, 6.45) is 6.30. The van der Waals surface area contributed by atoms with Crippen LogP contribution in [-0.4, -0.2) is 0 Å². The topological polar surface area (TPSA) is 26.0 Å². The molecule has 1 saturated carbocycles. The van der Waals surface area contributed by atoms with Crippen LogP contribution in [0.1, 0.15) is 43.7 Å². The molecule has 0 spiro atoms. The van der Waals surface area contributed by atoms with E-state index >= 15 is 0 Å². The van der Waals surface area contributed by atoms with E-state index in [1.54, 1.807) is 12.1 Å². The molecule has 3 heteroatoms. The first kappa shape index (κ1) is 12.1. The molecule has 0 aliphatic heterocycles. The van der Waals surface area contributed by atoms with Crippen LogP contribution in [0, 0.1) is 11.7 Å². The highest BCUT2D eigenvalue weighted by molar-refractivity contribution is 9.10. The molecular weight excluding hydrogens is 269 g/mol. The lowest BCUT2D eigenvalue weighted by Gasteiger charge is -2.17. The van der Waals surface area contributed by atoms with Gasteiger partial charge in [0.1, 0.15) is 5.82 Å². The number of rotatable bonds is 3. The van der Waals surface area contributed by atoms with Gasteiger partial charge in [-0.15, -0.1) is 0 Å². The number of hydrogen-bond acceptors (Lipinski definition) is 1. The van der Waals surface area contributed by atoms with E-state index in [-0.39, 0.29) is 11.9 Å². The summed E-state index contributed by atoms with van der Waals surface area (Å²) in [5, 5.41) is 0. The molecule has 1 aliphatic rings. The van der Waals surface area contributed by atoms with Gasteiger partial charge >= 0.3 is 0 Å². The maximum Gasteiger partial charge on any atom is 0.137 e. The molecular formula is C13H17BrFN. The smallest absolute Gasteiger partial charge is 0.137 e. The lowest BCUT2D eigenvalue weighted by Crippen LogP contribution is -2.14. The molecule has 0 bridgehead atoms. The highest BCUT2D eigenvalue weighted by Gasteiger charge is 2.19. The Balaban J connectivity index is 2.02. The Bertz CT molecular complexity index is 361.